The number of anilines is 1. The number of nitrogens with zero attached hydrogens (tertiary/aromatic N) is 3. The number of oxime groups is 1. The number of β-lactam (4-membered cyclic amide) rings is 1. The summed E-state index contributed by atoms with van der Waals surface area (Å²) in [6.07, 6.45) is -0.801. The summed E-state index contributed by atoms with van der Waals surface area (Å²) in [5, 5.41) is 11.7. The van der Waals surface area contributed by atoms with Crippen molar-refractivity contribution in [1.82, 2.24) is 15.2 Å². The smallest absolute Gasteiger partial charge is 0.356 e. The van der Waals surface area contributed by atoms with Crippen molar-refractivity contribution in [2.45, 2.75) is 30.0 Å². The number of fused-ring (bicyclic) bond motifs is 1. The Balaban J connectivity index is 1.06. The number of rotatable bonds is 15. The van der Waals surface area contributed by atoms with Gasteiger partial charge in [0.1, 0.15) is 35.0 Å². The van der Waals surface area contributed by atoms with Crippen molar-refractivity contribution in [1.29, 1.82) is 0 Å². The van der Waals surface area contributed by atoms with Gasteiger partial charge in [0.05, 0.1) is 16.6 Å². The summed E-state index contributed by atoms with van der Waals surface area (Å²) < 4.78 is 19.9. The number of nitrogens with one attached hydrogen (secondary N) is 2. The number of ether oxygens (including phenoxy) is 1. The van der Waals surface area contributed by atoms with Crippen LogP contribution in [0.3, 0.4) is 0 Å². The molecule has 2 amide bonds. The molecule has 0 bridgehead atoms. The Kier molecular flexibility index (Phi) is 12.5. The molecule has 308 valence electrons. The highest BCUT2D eigenvalue weighted by molar-refractivity contribution is 7.86. The van der Waals surface area contributed by atoms with E-state index in [4.69, 9.17) is 26.2 Å². The Morgan fingerprint density at radius 1 is 0.852 bits per heavy atom. The van der Waals surface area contributed by atoms with Crippen LogP contribution in [-0.2, 0) is 40.3 Å². The number of carbonyl (C=O) groups excluding carboxylic acids is 3. The van der Waals surface area contributed by atoms with Crippen LogP contribution >= 0.6 is 22.9 Å². The molecule has 11 nitrogen and oxygen atoms in total. The third-order valence-corrected chi connectivity index (χ3v) is 13.2. The van der Waals surface area contributed by atoms with Crippen LogP contribution in [0.4, 0.5) is 5.13 Å². The van der Waals surface area contributed by atoms with Crippen molar-refractivity contribution in [3.05, 3.63) is 202 Å². The summed E-state index contributed by atoms with van der Waals surface area (Å²) in [6.45, 7) is 1.87. The largest absolute Gasteiger partial charge is 0.448 e. The van der Waals surface area contributed by atoms with Gasteiger partial charge in [0.2, 0.25) is 0 Å². The quantitative estimate of drug-likeness (QED) is 0.0270. The molecule has 3 heterocycles. The van der Waals surface area contributed by atoms with E-state index < -0.39 is 51.6 Å². The first kappa shape index (κ1) is 41.3. The maximum Gasteiger partial charge on any atom is 0.356 e. The highest BCUT2D eigenvalue weighted by Crippen LogP contribution is 2.41. The van der Waals surface area contributed by atoms with E-state index >= 15 is 0 Å². The fourth-order valence-corrected chi connectivity index (χ4v) is 10.4. The molecule has 2 N–H and O–H groups in total. The number of aromatic nitrogens is 1. The van der Waals surface area contributed by atoms with Gasteiger partial charge in [-0.25, -0.2) is 9.78 Å². The summed E-state index contributed by atoms with van der Waals surface area (Å²) in [5.74, 6) is -2.47. The third-order valence-electron chi connectivity index (χ3n) is 10.4. The van der Waals surface area contributed by atoms with Gasteiger partial charge in [-0.1, -0.05) is 157 Å². The highest BCUT2D eigenvalue weighted by atomic mass is 35.5. The van der Waals surface area contributed by atoms with Gasteiger partial charge in [0.25, 0.3) is 11.8 Å². The van der Waals surface area contributed by atoms with E-state index in [1.807, 2.05) is 152 Å². The molecule has 1 saturated heterocycles. The number of halogens is 1. The van der Waals surface area contributed by atoms with E-state index in [-0.39, 0.29) is 35.3 Å². The molecule has 5 aromatic carbocycles. The van der Waals surface area contributed by atoms with Gasteiger partial charge >= 0.3 is 5.97 Å². The van der Waals surface area contributed by atoms with Crippen LogP contribution in [0.25, 0.3) is 0 Å². The molecule has 3 atom stereocenters. The number of hydrogen-bond acceptors (Lipinski definition) is 10. The van der Waals surface area contributed by atoms with Gasteiger partial charge in [-0.15, -0.1) is 22.9 Å². The maximum absolute atomic E-state index is 14.2. The number of amides is 2. The Morgan fingerprint density at radius 3 is 1.85 bits per heavy atom. The molecular formula is C47H40ClN5O6S2. The van der Waals surface area contributed by atoms with Crippen molar-refractivity contribution < 1.29 is 28.2 Å². The predicted molar refractivity (Wildman–Crippen MR) is 237 cm³/mol. The molecule has 2 aliphatic rings. The fourth-order valence-electron chi connectivity index (χ4n) is 7.62. The monoisotopic (exact) mass is 869 g/mol. The molecule has 2 unspecified atom stereocenters. The summed E-state index contributed by atoms with van der Waals surface area (Å²) in [5.41, 5.74) is 3.67. The molecule has 6 aromatic rings. The average Bonchev–Trinajstić information content (AvgIpc) is 3.78. The molecule has 0 radical (unpaired) electrons. The third kappa shape index (κ3) is 8.24. The number of esters is 1. The van der Waals surface area contributed by atoms with Crippen LogP contribution in [0.5, 0.6) is 0 Å². The summed E-state index contributed by atoms with van der Waals surface area (Å²) in [4.78, 5) is 53.7. The Bertz CT molecular complexity index is 2460. The van der Waals surface area contributed by atoms with Gasteiger partial charge < -0.3 is 20.2 Å². The zero-order valence-corrected chi connectivity index (χ0v) is 35.2. The highest BCUT2D eigenvalue weighted by Gasteiger charge is 2.57. The fraction of sp³-hybridized carbons (Fsp3) is 0.170. The lowest BCUT2D eigenvalue weighted by Gasteiger charge is -2.49. The molecule has 8 rings (SSSR count). The second-order valence-electron chi connectivity index (χ2n) is 14.1. The molecule has 14 heteroatoms. The van der Waals surface area contributed by atoms with Gasteiger partial charge in [0, 0.05) is 11.3 Å². The lowest BCUT2D eigenvalue weighted by Crippen LogP contribution is -2.74. The van der Waals surface area contributed by atoms with E-state index in [1.54, 1.807) is 12.3 Å². The summed E-state index contributed by atoms with van der Waals surface area (Å²) >= 11 is 7.59. The first-order valence-electron chi connectivity index (χ1n) is 19.5. The Labute approximate surface area is 364 Å². The number of benzene rings is 5. The predicted octanol–water partition coefficient (Wildman–Crippen LogP) is 7.53. The molecule has 0 aliphatic carbocycles. The number of carbonyl (C=O) groups is 3. The second kappa shape index (κ2) is 18.5. The average molecular weight is 870 g/mol. The molecule has 0 spiro atoms. The van der Waals surface area contributed by atoms with E-state index in [9.17, 15) is 18.6 Å². The SMILES string of the molecule is CCO/N=C(\C(=O)NC1C(=O)N2C(C(=O)OC(c3ccccc3)c3ccccc3)=C(CCl)CS(=O)[C@H]12)c1csc(NC(c2ccccc2)(c2ccccc2)c2ccccc2)n1. The minimum absolute atomic E-state index is 0.0795. The number of thiazole rings is 1. The zero-order chi connectivity index (χ0) is 42.3. The van der Waals surface area contributed by atoms with E-state index in [1.165, 1.54) is 11.3 Å². The van der Waals surface area contributed by atoms with Crippen molar-refractivity contribution in [2.75, 3.05) is 23.6 Å². The lowest BCUT2D eigenvalue weighted by molar-refractivity contribution is -0.154. The molecule has 61 heavy (non-hydrogen) atoms. The van der Waals surface area contributed by atoms with E-state index in [0.717, 1.165) is 32.7 Å². The van der Waals surface area contributed by atoms with Crippen molar-refractivity contribution in [3.63, 3.8) is 0 Å². The van der Waals surface area contributed by atoms with Crippen LogP contribution in [-0.4, -0.2) is 67.2 Å². The number of hydrogen-bond donors (Lipinski definition) is 2. The molecule has 0 saturated carbocycles. The maximum atomic E-state index is 14.2. The van der Waals surface area contributed by atoms with Gasteiger partial charge in [-0.2, -0.15) is 0 Å². The van der Waals surface area contributed by atoms with Crippen LogP contribution < -0.4 is 10.6 Å². The van der Waals surface area contributed by atoms with E-state index in [2.05, 4.69) is 15.8 Å². The summed E-state index contributed by atoms with van der Waals surface area (Å²) in [6, 6.07) is 47.3. The zero-order valence-electron chi connectivity index (χ0n) is 32.9. The number of alkyl halides is 1. The molecule has 1 fully saturated rings. The first-order chi connectivity index (χ1) is 29.8. The van der Waals surface area contributed by atoms with Crippen molar-refractivity contribution in [2.24, 2.45) is 5.16 Å². The Hall–Kier alpha value is -6.41. The van der Waals surface area contributed by atoms with Crippen LogP contribution in [0.2, 0.25) is 0 Å². The van der Waals surface area contributed by atoms with Crippen LogP contribution in [0.1, 0.15) is 46.5 Å². The Morgan fingerprint density at radius 2 is 1.36 bits per heavy atom. The minimum Gasteiger partial charge on any atom is -0.448 e. The van der Waals surface area contributed by atoms with Crippen LogP contribution in [0, 0.1) is 0 Å². The standard InChI is InChI=1S/C47H40ClN5O6S2/c1-2-58-52-38(37-29-60-46(49-37)51-47(34-22-12-5-13-23-34,35-24-14-6-15-25-35)36-26-16-7-17-27-36)42(54)50-39-43(55)53-40(33(28-48)30-61(57)44(39)53)45(56)59-41(31-18-8-3-9-19-31)32-20-10-4-11-21-32/h3-27,29,39,41,44H,2,28,30H2,1H3,(H,49,51)(H,50,54)/b52-38-/t39?,44-,61?/m1/s1. The second-order valence-corrected chi connectivity index (χ2v) is 16.8. The van der Waals surface area contributed by atoms with Crippen molar-refractivity contribution in [3.8, 4) is 0 Å². The summed E-state index contributed by atoms with van der Waals surface area (Å²) in [7, 11) is -1.73. The molecule has 2 aliphatic heterocycles. The molecule has 1 aromatic heterocycles. The van der Waals surface area contributed by atoms with Crippen LogP contribution in [0.15, 0.2) is 173 Å². The lowest BCUT2D eigenvalue weighted by atomic mass is 9.77. The van der Waals surface area contributed by atoms with Crippen molar-refractivity contribution >= 4 is 62.4 Å². The van der Waals surface area contributed by atoms with E-state index in [0.29, 0.717) is 10.7 Å². The van der Waals surface area contributed by atoms with Gasteiger partial charge in [-0.3, -0.25) is 18.7 Å². The molecular weight excluding hydrogens is 830 g/mol. The topological polar surface area (TPSA) is 139 Å². The first-order valence-corrected chi connectivity index (χ1v) is 22.3. The normalized spacial score (nSPS) is 17.6. The van der Waals surface area contributed by atoms with Gasteiger partial charge in [0.15, 0.2) is 16.9 Å². The van der Waals surface area contributed by atoms with Gasteiger partial charge in [-0.05, 0) is 40.3 Å². The minimum atomic E-state index is -1.73.